The fourth-order valence-corrected chi connectivity index (χ4v) is 4.02. The fraction of sp³-hybridized carbons (Fsp3) is 0.348. The lowest BCUT2D eigenvalue weighted by atomic mass is 10.0. The molecule has 0 aliphatic heterocycles. The van der Waals surface area contributed by atoms with Crippen molar-refractivity contribution in [2.45, 2.75) is 44.1 Å². The molecule has 0 amide bonds. The van der Waals surface area contributed by atoms with Gasteiger partial charge in [0.05, 0.1) is 19.3 Å². The third-order valence-electron chi connectivity index (χ3n) is 5.44. The van der Waals surface area contributed by atoms with Crippen LogP contribution in [-0.4, -0.2) is 39.9 Å². The van der Waals surface area contributed by atoms with E-state index < -0.39 is 0 Å². The van der Waals surface area contributed by atoms with Crippen molar-refractivity contribution < 1.29 is 14.1 Å². The summed E-state index contributed by atoms with van der Waals surface area (Å²) in [6.45, 7) is 7.98. The first kappa shape index (κ1) is 22.2. The van der Waals surface area contributed by atoms with Crippen LogP contribution in [0.3, 0.4) is 0 Å². The van der Waals surface area contributed by atoms with Gasteiger partial charge in [0.15, 0.2) is 16.8 Å². The van der Waals surface area contributed by atoms with Gasteiger partial charge in [-0.1, -0.05) is 23.9 Å². The lowest BCUT2D eigenvalue weighted by molar-refractivity contribution is -0.890. The lowest BCUT2D eigenvalue weighted by Gasteiger charge is -2.18. The Morgan fingerprint density at radius 1 is 1.03 bits per heavy atom. The maximum Gasteiger partial charge on any atom is 0.196 e. The lowest BCUT2D eigenvalue weighted by Crippen LogP contribution is -3.05. The summed E-state index contributed by atoms with van der Waals surface area (Å²) < 4.78 is 15.4. The van der Waals surface area contributed by atoms with Gasteiger partial charge in [0.2, 0.25) is 0 Å². The minimum absolute atomic E-state index is 0.0459. The zero-order chi connectivity index (χ0) is 22.0. The second-order valence-corrected chi connectivity index (χ2v) is 9.18. The molecule has 1 N–H and O–H groups in total. The molecule has 0 fully saturated rings. The molecule has 0 aliphatic carbocycles. The van der Waals surface area contributed by atoms with Crippen molar-refractivity contribution >= 4 is 17.5 Å². The number of nitrogens with zero attached hydrogens (tertiary/aromatic N) is 3. The minimum atomic E-state index is -0.342. The van der Waals surface area contributed by atoms with Crippen LogP contribution in [0.25, 0.3) is 5.69 Å². The Labute approximate surface area is 181 Å². The largest absolute Gasteiger partial charge is 0.331 e. The van der Waals surface area contributed by atoms with Gasteiger partial charge in [0.1, 0.15) is 11.9 Å². The normalized spacial score (nSPS) is 13.5. The van der Waals surface area contributed by atoms with Gasteiger partial charge < -0.3 is 4.90 Å². The molecular weight excluding hydrogens is 399 g/mol. The summed E-state index contributed by atoms with van der Waals surface area (Å²) in [5.41, 5.74) is 3.72. The van der Waals surface area contributed by atoms with Crippen LogP contribution < -0.4 is 4.90 Å². The Morgan fingerprint density at radius 2 is 1.70 bits per heavy atom. The van der Waals surface area contributed by atoms with Gasteiger partial charge in [-0.2, -0.15) is 0 Å². The van der Waals surface area contributed by atoms with Crippen LogP contribution in [-0.2, 0) is 0 Å². The molecule has 0 saturated carbocycles. The SMILES string of the molecule is Cc1ccc(C(=O)[C@@H](C)Sc2nnc([C@@H](C)[NH+](C)C)n2-c2ccc(F)cc2)cc1C. The van der Waals surface area contributed by atoms with E-state index in [0.717, 1.165) is 22.6 Å². The summed E-state index contributed by atoms with van der Waals surface area (Å²) >= 11 is 1.37. The van der Waals surface area contributed by atoms with E-state index in [0.29, 0.717) is 10.7 Å². The van der Waals surface area contributed by atoms with E-state index in [4.69, 9.17) is 0 Å². The van der Waals surface area contributed by atoms with Gasteiger partial charge in [-0.15, -0.1) is 10.2 Å². The number of nitrogens with one attached hydrogen (secondary N) is 1. The molecule has 0 unspecified atom stereocenters. The number of hydrogen-bond acceptors (Lipinski definition) is 4. The maximum atomic E-state index is 13.5. The highest BCUT2D eigenvalue weighted by Gasteiger charge is 2.26. The Kier molecular flexibility index (Phi) is 6.73. The summed E-state index contributed by atoms with van der Waals surface area (Å²) in [6, 6.07) is 12.1. The van der Waals surface area contributed by atoms with Crippen molar-refractivity contribution in [3.8, 4) is 5.69 Å². The average molecular weight is 428 g/mol. The van der Waals surface area contributed by atoms with Crippen molar-refractivity contribution in [2.24, 2.45) is 0 Å². The predicted octanol–water partition coefficient (Wildman–Crippen LogP) is 3.59. The number of carbonyl (C=O) groups is 1. The van der Waals surface area contributed by atoms with E-state index in [1.54, 1.807) is 12.1 Å². The van der Waals surface area contributed by atoms with Crippen LogP contribution in [0.1, 0.15) is 47.2 Å². The second-order valence-electron chi connectivity index (χ2n) is 7.88. The third-order valence-corrected chi connectivity index (χ3v) is 6.48. The number of Topliss-reactive ketones (excluding diaryl/α,β-unsaturated/α-hetero) is 1. The average Bonchev–Trinajstić information content (AvgIpc) is 3.12. The molecule has 5 nitrogen and oxygen atoms in total. The number of aryl methyl sites for hydroxylation is 2. The van der Waals surface area contributed by atoms with Crippen LogP contribution in [0.5, 0.6) is 0 Å². The highest BCUT2D eigenvalue weighted by atomic mass is 32.2. The summed E-state index contributed by atoms with van der Waals surface area (Å²) in [5.74, 6) is 0.520. The van der Waals surface area contributed by atoms with E-state index in [-0.39, 0.29) is 22.9 Å². The van der Waals surface area contributed by atoms with Crippen molar-refractivity contribution in [1.82, 2.24) is 14.8 Å². The number of benzene rings is 2. The summed E-state index contributed by atoms with van der Waals surface area (Å²) in [4.78, 5) is 14.2. The number of quaternary nitrogens is 1. The Hall–Kier alpha value is -2.51. The van der Waals surface area contributed by atoms with Crippen molar-refractivity contribution in [3.63, 3.8) is 0 Å². The zero-order valence-corrected chi connectivity index (χ0v) is 19.0. The Balaban J connectivity index is 1.95. The number of aromatic nitrogens is 3. The van der Waals surface area contributed by atoms with Gasteiger partial charge in [-0.25, -0.2) is 4.39 Å². The van der Waals surface area contributed by atoms with Gasteiger partial charge >= 0.3 is 0 Å². The van der Waals surface area contributed by atoms with Gasteiger partial charge in [-0.3, -0.25) is 9.36 Å². The summed E-state index contributed by atoms with van der Waals surface area (Å²) in [6.07, 6.45) is 0. The number of halogens is 1. The van der Waals surface area contributed by atoms with Crippen molar-refractivity contribution in [2.75, 3.05) is 14.1 Å². The first-order valence-corrected chi connectivity index (χ1v) is 10.9. The molecule has 0 bridgehead atoms. The minimum Gasteiger partial charge on any atom is -0.331 e. The Bertz CT molecular complexity index is 1050. The fourth-order valence-electron chi connectivity index (χ4n) is 3.07. The van der Waals surface area contributed by atoms with E-state index in [2.05, 4.69) is 17.1 Å². The zero-order valence-electron chi connectivity index (χ0n) is 18.2. The second kappa shape index (κ2) is 9.10. The molecule has 0 saturated heterocycles. The molecule has 0 aliphatic rings. The molecule has 3 aromatic rings. The van der Waals surface area contributed by atoms with Crippen LogP contribution >= 0.6 is 11.8 Å². The number of rotatable bonds is 7. The van der Waals surface area contributed by atoms with E-state index in [1.807, 2.05) is 57.6 Å². The molecule has 2 atom stereocenters. The standard InChI is InChI=1S/C23H27FN4OS/c1-14-7-8-18(13-15(14)2)21(29)17(4)30-23-26-25-22(16(3)27(5)6)28(23)20-11-9-19(24)10-12-20/h7-13,16-17H,1-6H3/p+1/t16-,17-/m1/s1. The molecule has 1 heterocycles. The molecule has 2 aromatic carbocycles. The molecule has 0 radical (unpaired) electrons. The smallest absolute Gasteiger partial charge is 0.196 e. The van der Waals surface area contributed by atoms with Crippen molar-refractivity contribution in [3.05, 3.63) is 70.8 Å². The number of thioether (sulfide) groups is 1. The van der Waals surface area contributed by atoms with Gasteiger partial charge in [0, 0.05) is 11.3 Å². The Morgan fingerprint density at radius 3 is 2.30 bits per heavy atom. The highest BCUT2D eigenvalue weighted by molar-refractivity contribution is 8.00. The molecule has 3 rings (SSSR count). The molecule has 30 heavy (non-hydrogen) atoms. The predicted molar refractivity (Wildman–Crippen MR) is 118 cm³/mol. The van der Waals surface area contributed by atoms with E-state index >= 15 is 0 Å². The molecular formula is C23H28FN4OS+. The number of hydrogen-bond donors (Lipinski definition) is 1. The van der Waals surface area contributed by atoms with Gasteiger partial charge in [0.25, 0.3) is 0 Å². The first-order valence-electron chi connectivity index (χ1n) is 9.98. The van der Waals surface area contributed by atoms with Crippen LogP contribution in [0.15, 0.2) is 47.6 Å². The molecule has 1 aromatic heterocycles. The monoisotopic (exact) mass is 427 g/mol. The van der Waals surface area contributed by atoms with Crippen molar-refractivity contribution in [1.29, 1.82) is 0 Å². The van der Waals surface area contributed by atoms with Gasteiger partial charge in [-0.05, 0) is 69.2 Å². The first-order chi connectivity index (χ1) is 14.2. The quantitative estimate of drug-likeness (QED) is 0.463. The van der Waals surface area contributed by atoms with Crippen LogP contribution in [0, 0.1) is 19.7 Å². The van der Waals surface area contributed by atoms with E-state index in [1.165, 1.54) is 28.8 Å². The number of ketones is 1. The third kappa shape index (κ3) is 4.63. The number of carbonyl (C=O) groups excluding carboxylic acids is 1. The molecule has 7 heteroatoms. The van der Waals surface area contributed by atoms with E-state index in [9.17, 15) is 9.18 Å². The summed E-state index contributed by atoms with van der Waals surface area (Å²) in [7, 11) is 4.10. The topological polar surface area (TPSA) is 52.2 Å². The van der Waals surface area contributed by atoms with Crippen LogP contribution in [0.2, 0.25) is 0 Å². The summed E-state index contributed by atoms with van der Waals surface area (Å²) in [5, 5.41) is 9.07. The molecule has 158 valence electrons. The highest BCUT2D eigenvalue weighted by Crippen LogP contribution is 2.29. The maximum absolute atomic E-state index is 13.5. The van der Waals surface area contributed by atoms with Crippen LogP contribution in [0.4, 0.5) is 4.39 Å². The molecule has 0 spiro atoms.